The summed E-state index contributed by atoms with van der Waals surface area (Å²) in [5, 5.41) is 0. The number of likely N-dealkylation sites (tertiary alicyclic amines) is 1. The molecule has 176 valence electrons. The van der Waals surface area contributed by atoms with E-state index in [2.05, 4.69) is 18.7 Å². The van der Waals surface area contributed by atoms with Crippen molar-refractivity contribution >= 4 is 12.3 Å². The van der Waals surface area contributed by atoms with Gasteiger partial charge in [-0.25, -0.2) is 0 Å². The van der Waals surface area contributed by atoms with Crippen molar-refractivity contribution in [2.45, 2.75) is 97.6 Å². The highest BCUT2D eigenvalue weighted by Gasteiger charge is 2.61. The molecule has 1 saturated heterocycles. The van der Waals surface area contributed by atoms with Crippen LogP contribution in [0, 0.1) is 34.5 Å². The van der Waals surface area contributed by atoms with Gasteiger partial charge < -0.3 is 14.5 Å². The molecule has 7 atom stereocenters. The molecule has 2 unspecified atom stereocenters. The summed E-state index contributed by atoms with van der Waals surface area (Å²) in [5.41, 5.74) is 0.442. The highest BCUT2D eigenvalue weighted by Crippen LogP contribution is 2.66. The van der Waals surface area contributed by atoms with Crippen molar-refractivity contribution < 1.29 is 14.3 Å². The first-order chi connectivity index (χ1) is 14.5. The van der Waals surface area contributed by atoms with Crippen LogP contribution >= 0.6 is 0 Å². The summed E-state index contributed by atoms with van der Waals surface area (Å²) < 4.78 is 6.13. The molecule has 5 heteroatoms. The van der Waals surface area contributed by atoms with Crippen LogP contribution in [-0.4, -0.2) is 54.1 Å². The molecule has 3 aliphatic carbocycles. The fraction of sp³-hybridized carbons (Fsp3) is 0.923. The molecule has 0 radical (unpaired) electrons. The highest BCUT2D eigenvalue weighted by atomic mass is 16.5. The van der Waals surface area contributed by atoms with Gasteiger partial charge in [0.2, 0.25) is 12.3 Å². The summed E-state index contributed by atoms with van der Waals surface area (Å²) in [5.74, 6) is 3.27. The van der Waals surface area contributed by atoms with Gasteiger partial charge in [0.25, 0.3) is 0 Å². The molecule has 5 nitrogen and oxygen atoms in total. The Kier molecular flexibility index (Phi) is 5.98. The molecule has 1 aliphatic heterocycles. The van der Waals surface area contributed by atoms with E-state index in [1.54, 1.807) is 4.90 Å². The first kappa shape index (κ1) is 23.1. The van der Waals surface area contributed by atoms with Gasteiger partial charge in [0.05, 0.1) is 6.61 Å². The number of ether oxygens (including phenoxy) is 1. The Balaban J connectivity index is 1.43. The average molecular weight is 433 g/mol. The molecule has 0 aromatic heterocycles. The summed E-state index contributed by atoms with van der Waals surface area (Å²) in [6, 6.07) is 0.437. The molecule has 0 aromatic rings. The smallest absolute Gasteiger partial charge is 0.222 e. The number of carbonyl (C=O) groups excluding carboxylic acids is 2. The maximum atomic E-state index is 12.3. The van der Waals surface area contributed by atoms with E-state index in [-0.39, 0.29) is 5.54 Å². The van der Waals surface area contributed by atoms with Gasteiger partial charge in [0.15, 0.2) is 0 Å². The minimum Gasteiger partial charge on any atom is -0.361 e. The van der Waals surface area contributed by atoms with E-state index in [4.69, 9.17) is 4.74 Å². The van der Waals surface area contributed by atoms with Crippen molar-refractivity contribution in [3.63, 3.8) is 0 Å². The molecule has 3 saturated carbocycles. The second-order valence-corrected chi connectivity index (χ2v) is 12.5. The summed E-state index contributed by atoms with van der Waals surface area (Å²) in [4.78, 5) is 27.6. The number of rotatable bonds is 5. The number of hydrogen-bond donors (Lipinski definition) is 0. The first-order valence-corrected chi connectivity index (χ1v) is 12.6. The van der Waals surface area contributed by atoms with Gasteiger partial charge in [-0.1, -0.05) is 13.8 Å². The van der Waals surface area contributed by atoms with Gasteiger partial charge in [0, 0.05) is 25.0 Å². The number of piperidine rings is 1. The molecule has 0 bridgehead atoms. The van der Waals surface area contributed by atoms with E-state index in [1.807, 2.05) is 27.8 Å². The van der Waals surface area contributed by atoms with Crippen LogP contribution < -0.4 is 0 Å². The molecule has 0 aromatic carbocycles. The lowest BCUT2D eigenvalue weighted by Crippen LogP contribution is -2.61. The van der Waals surface area contributed by atoms with Gasteiger partial charge in [-0.15, -0.1) is 0 Å². The summed E-state index contributed by atoms with van der Waals surface area (Å²) >= 11 is 0. The van der Waals surface area contributed by atoms with Gasteiger partial charge in [-0.05, 0) is 100 Å². The second-order valence-electron chi connectivity index (χ2n) is 12.5. The number of fused-ring (bicyclic) bond motifs is 5. The van der Waals surface area contributed by atoms with Crippen LogP contribution in [0.5, 0.6) is 0 Å². The van der Waals surface area contributed by atoms with E-state index in [9.17, 15) is 9.59 Å². The average Bonchev–Trinajstić information content (AvgIpc) is 3.04. The van der Waals surface area contributed by atoms with E-state index in [1.165, 1.54) is 38.5 Å². The van der Waals surface area contributed by atoms with Crippen molar-refractivity contribution in [3.8, 4) is 0 Å². The molecule has 1 heterocycles. The SMILES string of the molecule is CN1C(=O)CC[C@@]2(C)C1CC[C@@H]1[C@H]2CC[C@]2(C)C(COCN(C=O)C(C)(C)C)CC[C@@H]12. The fourth-order valence-electron chi connectivity index (χ4n) is 8.21. The third-order valence-corrected chi connectivity index (χ3v) is 10.3. The normalized spacial score (nSPS) is 42.6. The Labute approximate surface area is 189 Å². The zero-order valence-electron chi connectivity index (χ0n) is 20.7. The molecule has 4 rings (SSSR count). The molecule has 0 spiro atoms. The Morgan fingerprint density at radius 1 is 1.06 bits per heavy atom. The molecule has 4 fully saturated rings. The van der Waals surface area contributed by atoms with E-state index >= 15 is 0 Å². The minimum absolute atomic E-state index is 0.204. The van der Waals surface area contributed by atoms with Crippen LogP contribution in [0.25, 0.3) is 0 Å². The maximum absolute atomic E-state index is 12.3. The predicted octanol–water partition coefficient (Wildman–Crippen LogP) is 4.70. The van der Waals surface area contributed by atoms with Crippen LogP contribution in [0.2, 0.25) is 0 Å². The molecular formula is C26H44N2O3. The fourth-order valence-corrected chi connectivity index (χ4v) is 8.21. The summed E-state index contributed by atoms with van der Waals surface area (Å²) in [6.45, 7) is 12.3. The Bertz CT molecular complexity index is 703. The monoisotopic (exact) mass is 432 g/mol. The first-order valence-electron chi connectivity index (χ1n) is 12.6. The molecule has 2 amide bonds. The molecule has 0 N–H and O–H groups in total. The van der Waals surface area contributed by atoms with Gasteiger partial charge >= 0.3 is 0 Å². The van der Waals surface area contributed by atoms with E-state index in [0.717, 1.165) is 43.6 Å². The van der Waals surface area contributed by atoms with Gasteiger partial charge in [-0.3, -0.25) is 9.59 Å². The standard InChI is InChI=1S/C26H44N2O3/c1-24(2,3)28(16-29)17-31-15-18-7-9-20-19-8-10-22-26(5,14-12-23(30)27(22)6)21(19)11-13-25(18,20)4/h16,18-22H,7-15,17H2,1-6H3/t18?,19-,20-,21+,22?,25+,26+/m0/s1. The minimum atomic E-state index is -0.204. The van der Waals surface area contributed by atoms with Crippen LogP contribution in [0.1, 0.15) is 86.0 Å². The Morgan fingerprint density at radius 3 is 2.45 bits per heavy atom. The highest BCUT2D eigenvalue weighted by molar-refractivity contribution is 5.77. The number of nitrogens with zero attached hydrogens (tertiary/aromatic N) is 2. The van der Waals surface area contributed by atoms with Crippen LogP contribution in [-0.2, 0) is 14.3 Å². The zero-order chi connectivity index (χ0) is 22.6. The van der Waals surface area contributed by atoms with Crippen LogP contribution in [0.3, 0.4) is 0 Å². The predicted molar refractivity (Wildman–Crippen MR) is 122 cm³/mol. The lowest BCUT2D eigenvalue weighted by molar-refractivity contribution is -0.159. The van der Waals surface area contributed by atoms with Crippen molar-refractivity contribution in [2.75, 3.05) is 20.4 Å². The van der Waals surface area contributed by atoms with Gasteiger partial charge in [0.1, 0.15) is 6.73 Å². The largest absolute Gasteiger partial charge is 0.361 e. The van der Waals surface area contributed by atoms with Crippen LogP contribution in [0.15, 0.2) is 0 Å². The number of carbonyl (C=O) groups is 2. The maximum Gasteiger partial charge on any atom is 0.222 e. The topological polar surface area (TPSA) is 49.9 Å². The van der Waals surface area contributed by atoms with Crippen molar-refractivity contribution in [2.24, 2.45) is 34.5 Å². The number of hydrogen-bond acceptors (Lipinski definition) is 3. The lowest BCUT2D eigenvalue weighted by Gasteiger charge is -2.61. The molecular weight excluding hydrogens is 388 g/mol. The van der Waals surface area contributed by atoms with E-state index in [0.29, 0.717) is 35.4 Å². The zero-order valence-corrected chi connectivity index (χ0v) is 20.7. The van der Waals surface area contributed by atoms with Crippen molar-refractivity contribution in [1.82, 2.24) is 9.80 Å². The molecule has 4 aliphatic rings. The lowest BCUT2D eigenvalue weighted by atomic mass is 9.47. The molecule has 31 heavy (non-hydrogen) atoms. The Hall–Kier alpha value is -1.10. The van der Waals surface area contributed by atoms with E-state index < -0.39 is 0 Å². The van der Waals surface area contributed by atoms with Crippen molar-refractivity contribution in [1.29, 1.82) is 0 Å². The Morgan fingerprint density at radius 2 is 1.77 bits per heavy atom. The third kappa shape index (κ3) is 3.73. The summed E-state index contributed by atoms with van der Waals surface area (Å²) in [6.07, 6.45) is 10.3. The van der Waals surface area contributed by atoms with Crippen LogP contribution in [0.4, 0.5) is 0 Å². The quantitative estimate of drug-likeness (QED) is 0.467. The van der Waals surface area contributed by atoms with Gasteiger partial charge in [-0.2, -0.15) is 0 Å². The summed E-state index contributed by atoms with van der Waals surface area (Å²) in [7, 11) is 2.04. The van der Waals surface area contributed by atoms with Crippen molar-refractivity contribution in [3.05, 3.63) is 0 Å². The third-order valence-electron chi connectivity index (χ3n) is 10.3. The second kappa shape index (κ2) is 8.04. The number of amides is 2.